The number of nitrogens with zero attached hydrogens (tertiary/aromatic N) is 4. The number of hydrogen-bond donors (Lipinski definition) is 1. The number of sulfonamides is 1. The van der Waals surface area contributed by atoms with Crippen molar-refractivity contribution >= 4 is 21.4 Å². The number of aromatic nitrogens is 1. The summed E-state index contributed by atoms with van der Waals surface area (Å²) in [7, 11) is -2.33. The van der Waals surface area contributed by atoms with Gasteiger partial charge in [0.1, 0.15) is 5.25 Å². The molecule has 1 aliphatic rings. The van der Waals surface area contributed by atoms with E-state index in [1.165, 1.54) is 25.4 Å². The monoisotopic (exact) mass is 421 g/mol. The number of piperazine rings is 1. The highest BCUT2D eigenvalue weighted by molar-refractivity contribution is 7.89. The lowest BCUT2D eigenvalue weighted by molar-refractivity contribution is -0.384. The molecule has 11 heteroatoms. The van der Waals surface area contributed by atoms with Crippen LogP contribution in [0.1, 0.15) is 10.8 Å². The highest BCUT2D eigenvalue weighted by atomic mass is 32.2. The molecule has 1 fully saturated rings. The van der Waals surface area contributed by atoms with Gasteiger partial charge in [-0.3, -0.25) is 15.0 Å². The van der Waals surface area contributed by atoms with Crippen molar-refractivity contribution in [1.82, 2.24) is 9.88 Å². The Morgan fingerprint density at radius 3 is 2.31 bits per heavy atom. The first-order valence-corrected chi connectivity index (χ1v) is 10.6. The molecule has 1 aromatic heterocycles. The number of nitro groups is 1. The average molecular weight is 421 g/mol. The molecule has 29 heavy (non-hydrogen) atoms. The first kappa shape index (κ1) is 21.0. The van der Waals surface area contributed by atoms with E-state index in [1.54, 1.807) is 24.3 Å². The van der Waals surface area contributed by atoms with E-state index in [4.69, 9.17) is 9.88 Å². The first-order chi connectivity index (χ1) is 13.8. The van der Waals surface area contributed by atoms with Gasteiger partial charge in [0.05, 0.1) is 12.0 Å². The maximum absolute atomic E-state index is 12.2. The summed E-state index contributed by atoms with van der Waals surface area (Å²) >= 11 is 0. The van der Waals surface area contributed by atoms with Gasteiger partial charge in [-0.25, -0.2) is 18.5 Å². The van der Waals surface area contributed by atoms with Crippen LogP contribution in [-0.2, 0) is 10.0 Å². The largest absolute Gasteiger partial charge is 0.481 e. The minimum absolute atomic E-state index is 0.0523. The molecule has 1 aliphatic heterocycles. The fourth-order valence-corrected chi connectivity index (χ4v) is 4.25. The molecule has 0 saturated carbocycles. The maximum Gasteiger partial charge on any atom is 0.269 e. The van der Waals surface area contributed by atoms with Crippen LogP contribution >= 0.6 is 0 Å². The number of ether oxygens (including phenoxy) is 1. The Morgan fingerprint density at radius 1 is 1.17 bits per heavy atom. The van der Waals surface area contributed by atoms with E-state index in [2.05, 4.69) is 9.88 Å². The van der Waals surface area contributed by atoms with E-state index in [0.717, 1.165) is 5.69 Å². The van der Waals surface area contributed by atoms with Crippen LogP contribution < -0.4 is 14.8 Å². The van der Waals surface area contributed by atoms with Crippen LogP contribution in [0.4, 0.5) is 11.4 Å². The molecule has 1 atom stereocenters. The molecule has 1 aromatic carbocycles. The van der Waals surface area contributed by atoms with Gasteiger partial charge in [-0.15, -0.1) is 0 Å². The van der Waals surface area contributed by atoms with Gasteiger partial charge in [-0.2, -0.15) is 0 Å². The van der Waals surface area contributed by atoms with E-state index in [0.29, 0.717) is 37.6 Å². The summed E-state index contributed by atoms with van der Waals surface area (Å²) in [6, 6.07) is 9.69. The molecule has 2 aromatic rings. The molecule has 1 saturated heterocycles. The summed E-state index contributed by atoms with van der Waals surface area (Å²) in [5.41, 5.74) is 1.47. The van der Waals surface area contributed by atoms with Crippen molar-refractivity contribution in [2.75, 3.05) is 44.7 Å². The van der Waals surface area contributed by atoms with Gasteiger partial charge in [0.15, 0.2) is 0 Å². The average Bonchev–Trinajstić information content (AvgIpc) is 2.72. The van der Waals surface area contributed by atoms with Crippen molar-refractivity contribution < 1.29 is 18.1 Å². The Hall–Kier alpha value is -2.76. The van der Waals surface area contributed by atoms with Crippen LogP contribution in [0.3, 0.4) is 0 Å². The second-order valence-corrected chi connectivity index (χ2v) is 8.52. The molecule has 0 aliphatic carbocycles. The number of primary sulfonamides is 1. The van der Waals surface area contributed by atoms with Gasteiger partial charge >= 0.3 is 0 Å². The van der Waals surface area contributed by atoms with Gasteiger partial charge in [0, 0.05) is 62.8 Å². The van der Waals surface area contributed by atoms with E-state index in [9.17, 15) is 18.5 Å². The number of non-ortho nitro benzene ring substituents is 1. The van der Waals surface area contributed by atoms with Crippen molar-refractivity contribution in [2.45, 2.75) is 5.25 Å². The summed E-state index contributed by atoms with van der Waals surface area (Å²) in [5.74, 6) is 0.402. The number of benzene rings is 1. The smallest absolute Gasteiger partial charge is 0.269 e. The van der Waals surface area contributed by atoms with Crippen LogP contribution in [0.25, 0.3) is 0 Å². The summed E-state index contributed by atoms with van der Waals surface area (Å²) in [6.45, 7) is 2.91. The fraction of sp³-hybridized carbons (Fsp3) is 0.389. The number of methoxy groups -OCH3 is 1. The standard InChI is InChI=1S/C18H23N5O5S/c1-28-18-7-2-14(12-20-18)17(29(19,26)27)13-21-8-10-22(11-9-21)15-3-5-16(6-4-15)23(24)25/h2-7,12,17H,8-11,13H2,1H3,(H2,19,26,27). The third-order valence-corrected chi connectivity index (χ3v) is 6.17. The zero-order valence-corrected chi connectivity index (χ0v) is 16.8. The van der Waals surface area contributed by atoms with Crippen LogP contribution in [0.2, 0.25) is 0 Å². The van der Waals surface area contributed by atoms with Gasteiger partial charge in [-0.1, -0.05) is 6.07 Å². The molecule has 0 spiro atoms. The van der Waals surface area contributed by atoms with Gasteiger partial charge in [0.2, 0.25) is 15.9 Å². The molecule has 0 radical (unpaired) electrons. The minimum atomic E-state index is -3.82. The summed E-state index contributed by atoms with van der Waals surface area (Å²) in [5, 5.41) is 15.4. The SMILES string of the molecule is COc1ccc(C(CN2CCN(c3ccc([N+](=O)[O-])cc3)CC2)S(N)(=O)=O)cn1. The zero-order valence-electron chi connectivity index (χ0n) is 16.0. The van der Waals surface area contributed by atoms with Crippen molar-refractivity contribution in [3.05, 3.63) is 58.3 Å². The molecular formula is C18H23N5O5S. The predicted octanol–water partition coefficient (Wildman–Crippen LogP) is 1.15. The maximum atomic E-state index is 12.2. The Labute approximate surface area is 169 Å². The van der Waals surface area contributed by atoms with E-state index < -0.39 is 20.2 Å². The van der Waals surface area contributed by atoms with Crippen molar-refractivity contribution in [3.8, 4) is 5.88 Å². The second kappa shape index (κ2) is 8.72. The minimum Gasteiger partial charge on any atom is -0.481 e. The number of pyridine rings is 1. The number of hydrogen-bond acceptors (Lipinski definition) is 8. The number of anilines is 1. The quantitative estimate of drug-likeness (QED) is 0.520. The molecular weight excluding hydrogens is 398 g/mol. The van der Waals surface area contributed by atoms with Gasteiger partial charge in [-0.05, 0) is 17.7 Å². The first-order valence-electron chi connectivity index (χ1n) is 9.01. The third kappa shape index (κ3) is 5.19. The molecule has 2 N–H and O–H groups in total. The second-order valence-electron chi connectivity index (χ2n) is 6.77. The molecule has 0 bridgehead atoms. The summed E-state index contributed by atoms with van der Waals surface area (Å²) < 4.78 is 29.3. The molecule has 1 unspecified atom stereocenters. The fourth-order valence-electron chi connectivity index (χ4n) is 3.31. The highest BCUT2D eigenvalue weighted by Gasteiger charge is 2.28. The number of nitrogens with two attached hydrogens (primary N) is 1. The predicted molar refractivity (Wildman–Crippen MR) is 108 cm³/mol. The van der Waals surface area contributed by atoms with E-state index in [-0.39, 0.29) is 12.2 Å². The van der Waals surface area contributed by atoms with Gasteiger partial charge < -0.3 is 9.64 Å². The Morgan fingerprint density at radius 2 is 1.83 bits per heavy atom. The molecule has 0 amide bonds. The molecule has 10 nitrogen and oxygen atoms in total. The lowest BCUT2D eigenvalue weighted by Gasteiger charge is -2.37. The van der Waals surface area contributed by atoms with Gasteiger partial charge in [0.25, 0.3) is 5.69 Å². The highest BCUT2D eigenvalue weighted by Crippen LogP contribution is 2.25. The molecule has 156 valence electrons. The normalized spacial score (nSPS) is 16.4. The van der Waals surface area contributed by atoms with Crippen LogP contribution in [-0.4, -0.2) is 63.1 Å². The van der Waals surface area contributed by atoms with Crippen LogP contribution in [0.15, 0.2) is 42.6 Å². The Balaban J connectivity index is 1.64. The summed E-state index contributed by atoms with van der Waals surface area (Å²) in [4.78, 5) is 18.6. The Kier molecular flexibility index (Phi) is 6.30. The lowest BCUT2D eigenvalue weighted by Crippen LogP contribution is -2.48. The third-order valence-electron chi connectivity index (χ3n) is 4.96. The van der Waals surface area contributed by atoms with Crippen molar-refractivity contribution in [1.29, 1.82) is 0 Å². The molecule has 3 rings (SSSR count). The lowest BCUT2D eigenvalue weighted by atomic mass is 10.1. The van der Waals surface area contributed by atoms with Crippen LogP contribution in [0.5, 0.6) is 5.88 Å². The number of nitro benzene ring substituents is 1. The van der Waals surface area contributed by atoms with E-state index in [1.807, 2.05) is 4.90 Å². The van der Waals surface area contributed by atoms with Crippen molar-refractivity contribution in [3.63, 3.8) is 0 Å². The topological polar surface area (TPSA) is 132 Å². The summed E-state index contributed by atoms with van der Waals surface area (Å²) in [6.07, 6.45) is 1.47. The number of rotatable bonds is 7. The molecule has 2 heterocycles. The van der Waals surface area contributed by atoms with E-state index >= 15 is 0 Å². The Bertz CT molecular complexity index is 942. The zero-order chi connectivity index (χ0) is 21.0. The van der Waals surface area contributed by atoms with Crippen molar-refractivity contribution in [2.24, 2.45) is 5.14 Å². The van der Waals surface area contributed by atoms with Crippen LogP contribution in [0, 0.1) is 10.1 Å².